The lowest BCUT2D eigenvalue weighted by Crippen LogP contribution is -2.29. The maximum absolute atomic E-state index is 9.29. The molecule has 14 heavy (non-hydrogen) atoms. The number of anilines is 1. The Balaban J connectivity index is 2.22. The number of halogens is 1. The third-order valence-electron chi connectivity index (χ3n) is 2.63. The fraction of sp³-hybridized carbons (Fsp3) is 0.455. The second-order valence-electron chi connectivity index (χ2n) is 3.68. The number of hydrogen-bond acceptors (Lipinski definition) is 2. The van der Waals surface area contributed by atoms with Crippen LogP contribution in [0.25, 0.3) is 0 Å². The maximum Gasteiger partial charge on any atom is 0.116 e. The number of aromatic hydroxyl groups is 1. The minimum atomic E-state index is 0.317. The van der Waals surface area contributed by atoms with Crippen LogP contribution >= 0.6 is 15.9 Å². The second-order valence-corrected chi connectivity index (χ2v) is 4.54. The number of phenols is 1. The smallest absolute Gasteiger partial charge is 0.116 e. The van der Waals surface area contributed by atoms with E-state index in [4.69, 9.17) is 0 Å². The number of piperidine rings is 1. The molecule has 2 rings (SSSR count). The van der Waals surface area contributed by atoms with E-state index in [2.05, 4.69) is 20.8 Å². The summed E-state index contributed by atoms with van der Waals surface area (Å²) in [6, 6.07) is 5.48. The predicted octanol–water partition coefficient (Wildman–Crippen LogP) is 3.15. The first-order valence-electron chi connectivity index (χ1n) is 5.01. The number of hydrogen-bond donors (Lipinski definition) is 1. The lowest BCUT2D eigenvalue weighted by molar-refractivity contribution is 0.474. The summed E-state index contributed by atoms with van der Waals surface area (Å²) in [5, 5.41) is 9.29. The molecule has 0 bridgehead atoms. The van der Waals surface area contributed by atoms with Crippen molar-refractivity contribution in [1.29, 1.82) is 0 Å². The molecular weight excluding hydrogens is 242 g/mol. The number of rotatable bonds is 1. The van der Waals surface area contributed by atoms with Crippen LogP contribution in [-0.2, 0) is 0 Å². The van der Waals surface area contributed by atoms with Crippen LogP contribution in [0.5, 0.6) is 5.75 Å². The normalized spacial score (nSPS) is 17.1. The summed E-state index contributed by atoms with van der Waals surface area (Å²) in [5.74, 6) is 0.317. The highest BCUT2D eigenvalue weighted by Gasteiger charge is 2.13. The Morgan fingerprint density at radius 1 is 1.14 bits per heavy atom. The van der Waals surface area contributed by atoms with Crippen LogP contribution in [0, 0.1) is 0 Å². The highest BCUT2D eigenvalue weighted by Crippen LogP contribution is 2.31. The van der Waals surface area contributed by atoms with Crippen molar-refractivity contribution in [1.82, 2.24) is 0 Å². The van der Waals surface area contributed by atoms with Gasteiger partial charge in [0.15, 0.2) is 0 Å². The Hall–Kier alpha value is -0.700. The molecular formula is C11H14BrNO. The van der Waals surface area contributed by atoms with E-state index in [1.165, 1.54) is 24.9 Å². The van der Waals surface area contributed by atoms with Crippen LogP contribution in [0.2, 0.25) is 0 Å². The topological polar surface area (TPSA) is 23.5 Å². The van der Waals surface area contributed by atoms with Gasteiger partial charge in [-0.3, -0.25) is 0 Å². The van der Waals surface area contributed by atoms with E-state index in [0.29, 0.717) is 5.75 Å². The van der Waals surface area contributed by atoms with E-state index in [0.717, 1.165) is 17.6 Å². The lowest BCUT2D eigenvalue weighted by Gasteiger charge is -2.29. The van der Waals surface area contributed by atoms with Gasteiger partial charge in [0.1, 0.15) is 5.75 Å². The van der Waals surface area contributed by atoms with E-state index >= 15 is 0 Å². The molecule has 2 nitrogen and oxygen atoms in total. The molecule has 1 saturated heterocycles. The molecule has 3 heteroatoms. The molecule has 1 heterocycles. The molecule has 1 aliphatic heterocycles. The molecule has 76 valence electrons. The Kier molecular flexibility index (Phi) is 2.96. The molecule has 0 saturated carbocycles. The lowest BCUT2D eigenvalue weighted by atomic mass is 10.1. The first kappa shape index (κ1) is 9.84. The van der Waals surface area contributed by atoms with E-state index < -0.39 is 0 Å². The van der Waals surface area contributed by atoms with Crippen molar-refractivity contribution in [2.75, 3.05) is 18.0 Å². The quantitative estimate of drug-likeness (QED) is 0.834. The fourth-order valence-electron chi connectivity index (χ4n) is 1.89. The molecule has 0 radical (unpaired) electrons. The summed E-state index contributed by atoms with van der Waals surface area (Å²) < 4.78 is 0.986. The SMILES string of the molecule is Oc1ccc(N2CCCCC2)c(Br)c1. The Bertz CT molecular complexity index is 321. The van der Waals surface area contributed by atoms with Gasteiger partial charge in [0.05, 0.1) is 5.69 Å². The van der Waals surface area contributed by atoms with E-state index in [1.54, 1.807) is 12.1 Å². The van der Waals surface area contributed by atoms with Gasteiger partial charge in [-0.1, -0.05) is 0 Å². The minimum Gasteiger partial charge on any atom is -0.508 e. The summed E-state index contributed by atoms with van der Waals surface area (Å²) in [5.41, 5.74) is 1.20. The van der Waals surface area contributed by atoms with E-state index in [1.807, 2.05) is 6.07 Å². The van der Waals surface area contributed by atoms with Crippen molar-refractivity contribution >= 4 is 21.6 Å². The third kappa shape index (κ3) is 2.03. The monoisotopic (exact) mass is 255 g/mol. The maximum atomic E-state index is 9.29. The minimum absolute atomic E-state index is 0.317. The van der Waals surface area contributed by atoms with Crippen molar-refractivity contribution in [2.45, 2.75) is 19.3 Å². The average Bonchev–Trinajstić information content (AvgIpc) is 2.19. The van der Waals surface area contributed by atoms with Gasteiger partial charge >= 0.3 is 0 Å². The zero-order chi connectivity index (χ0) is 9.97. The molecule has 1 aromatic carbocycles. The van der Waals surface area contributed by atoms with Crippen LogP contribution in [-0.4, -0.2) is 18.2 Å². The largest absolute Gasteiger partial charge is 0.508 e. The van der Waals surface area contributed by atoms with Crippen LogP contribution in [0.3, 0.4) is 0 Å². The number of benzene rings is 1. The molecule has 0 aromatic heterocycles. The van der Waals surface area contributed by atoms with Gasteiger partial charge in [-0.05, 0) is 53.4 Å². The summed E-state index contributed by atoms with van der Waals surface area (Å²) in [4.78, 5) is 2.37. The average molecular weight is 256 g/mol. The molecule has 1 fully saturated rings. The van der Waals surface area contributed by atoms with Gasteiger partial charge in [0.2, 0.25) is 0 Å². The molecule has 1 N–H and O–H groups in total. The van der Waals surface area contributed by atoms with E-state index in [-0.39, 0.29) is 0 Å². The molecule has 1 aromatic rings. The summed E-state index contributed by atoms with van der Waals surface area (Å²) in [6.45, 7) is 2.26. The Morgan fingerprint density at radius 3 is 2.50 bits per heavy atom. The number of nitrogens with zero attached hydrogens (tertiary/aromatic N) is 1. The fourth-order valence-corrected chi connectivity index (χ4v) is 2.50. The van der Waals surface area contributed by atoms with Crippen LogP contribution in [0.1, 0.15) is 19.3 Å². The van der Waals surface area contributed by atoms with Crippen molar-refractivity contribution in [3.05, 3.63) is 22.7 Å². The van der Waals surface area contributed by atoms with Crippen molar-refractivity contribution in [3.8, 4) is 5.75 Å². The highest BCUT2D eigenvalue weighted by molar-refractivity contribution is 9.10. The molecule has 0 amide bonds. The first-order valence-corrected chi connectivity index (χ1v) is 5.80. The molecule has 1 aliphatic rings. The van der Waals surface area contributed by atoms with Crippen molar-refractivity contribution in [3.63, 3.8) is 0 Å². The number of phenolic OH excluding ortho intramolecular Hbond substituents is 1. The van der Waals surface area contributed by atoms with Gasteiger partial charge < -0.3 is 10.0 Å². The van der Waals surface area contributed by atoms with Gasteiger partial charge in [-0.15, -0.1) is 0 Å². The predicted molar refractivity (Wildman–Crippen MR) is 61.9 cm³/mol. The first-order chi connectivity index (χ1) is 6.77. The zero-order valence-electron chi connectivity index (χ0n) is 8.04. The second kappa shape index (κ2) is 4.22. The molecule has 0 atom stereocenters. The third-order valence-corrected chi connectivity index (χ3v) is 3.26. The molecule has 0 unspecified atom stereocenters. The summed E-state index contributed by atoms with van der Waals surface area (Å²) in [7, 11) is 0. The highest BCUT2D eigenvalue weighted by atomic mass is 79.9. The van der Waals surface area contributed by atoms with E-state index in [9.17, 15) is 5.11 Å². The van der Waals surface area contributed by atoms with Crippen molar-refractivity contribution in [2.24, 2.45) is 0 Å². The zero-order valence-corrected chi connectivity index (χ0v) is 9.63. The summed E-state index contributed by atoms with van der Waals surface area (Å²) >= 11 is 3.48. The Labute approximate surface area is 92.7 Å². The summed E-state index contributed by atoms with van der Waals surface area (Å²) in [6.07, 6.45) is 3.88. The van der Waals surface area contributed by atoms with Crippen LogP contribution in [0.4, 0.5) is 5.69 Å². The van der Waals surface area contributed by atoms with Gasteiger partial charge in [0, 0.05) is 17.6 Å². The van der Waals surface area contributed by atoms with Gasteiger partial charge in [-0.2, -0.15) is 0 Å². The molecule has 0 spiro atoms. The Morgan fingerprint density at radius 2 is 1.86 bits per heavy atom. The van der Waals surface area contributed by atoms with Crippen LogP contribution < -0.4 is 4.90 Å². The standard InChI is InChI=1S/C11H14BrNO/c12-10-8-9(14)4-5-11(10)13-6-2-1-3-7-13/h4-5,8,14H,1-3,6-7H2. The van der Waals surface area contributed by atoms with Crippen molar-refractivity contribution < 1.29 is 5.11 Å². The van der Waals surface area contributed by atoms with Gasteiger partial charge in [0.25, 0.3) is 0 Å². The van der Waals surface area contributed by atoms with Gasteiger partial charge in [-0.25, -0.2) is 0 Å². The van der Waals surface area contributed by atoms with Crippen LogP contribution in [0.15, 0.2) is 22.7 Å². The molecule has 0 aliphatic carbocycles.